The third-order valence-electron chi connectivity index (χ3n) is 5.83. The minimum Gasteiger partial charge on any atom is -0.378 e. The molecule has 0 atom stereocenters. The number of carbonyl (C=O) groups is 1. The molecule has 2 aromatic rings. The first-order chi connectivity index (χ1) is 14.0. The number of carbonyl (C=O) groups excluding carboxylic acids is 1. The molecule has 0 N–H and O–H groups in total. The number of likely N-dealkylation sites (tertiary alicyclic amines) is 1. The lowest BCUT2D eigenvalue weighted by atomic mass is 10.0. The van der Waals surface area contributed by atoms with Crippen LogP contribution in [0.1, 0.15) is 43.7 Å². The van der Waals surface area contributed by atoms with Gasteiger partial charge in [0.1, 0.15) is 0 Å². The summed E-state index contributed by atoms with van der Waals surface area (Å²) >= 11 is 0. The normalized spacial score (nSPS) is 15.3. The Morgan fingerprint density at radius 2 is 1.55 bits per heavy atom. The minimum absolute atomic E-state index is 0.258. The topological polar surface area (TPSA) is 26.8 Å². The van der Waals surface area contributed by atoms with Crippen LogP contribution in [0.5, 0.6) is 0 Å². The summed E-state index contributed by atoms with van der Waals surface area (Å²) in [6.45, 7) is 7.21. The Hall–Kier alpha value is -2.33. The maximum Gasteiger partial charge on any atom is 0.227 e. The average molecular weight is 394 g/mol. The van der Waals surface area contributed by atoms with E-state index in [1.165, 1.54) is 16.8 Å². The second-order valence-electron chi connectivity index (χ2n) is 8.42. The fraction of sp³-hybridized carbons (Fsp3) is 0.480. The summed E-state index contributed by atoms with van der Waals surface area (Å²) in [5.74, 6) is 0.258. The van der Waals surface area contributed by atoms with Crippen molar-refractivity contribution in [3.05, 3.63) is 59.7 Å². The zero-order chi connectivity index (χ0) is 20.8. The molecule has 1 aliphatic heterocycles. The van der Waals surface area contributed by atoms with E-state index in [0.717, 1.165) is 44.6 Å². The molecule has 0 aliphatic carbocycles. The van der Waals surface area contributed by atoms with Gasteiger partial charge in [-0.25, -0.2) is 0 Å². The molecular formula is C25H35N3O. The van der Waals surface area contributed by atoms with Gasteiger partial charge in [0.15, 0.2) is 0 Å². The van der Waals surface area contributed by atoms with Crippen molar-refractivity contribution < 1.29 is 4.79 Å². The van der Waals surface area contributed by atoms with Crippen molar-refractivity contribution in [1.29, 1.82) is 0 Å². The van der Waals surface area contributed by atoms with Crippen LogP contribution in [0, 0.1) is 6.92 Å². The van der Waals surface area contributed by atoms with Crippen LogP contribution in [0.2, 0.25) is 0 Å². The number of nitrogens with zero attached hydrogens (tertiary/aromatic N) is 3. The first-order valence-corrected chi connectivity index (χ1v) is 10.8. The molecule has 1 amide bonds. The number of aryl methyl sites for hydroxylation is 1. The van der Waals surface area contributed by atoms with E-state index in [9.17, 15) is 4.79 Å². The zero-order valence-corrected chi connectivity index (χ0v) is 18.4. The molecule has 0 saturated carbocycles. The number of anilines is 2. The molecule has 1 saturated heterocycles. The SMILES string of the molecule is CCCC(=O)N(c1ccc(C)cc1)C1CCN(Cc2ccc(N(C)C)cc2)CC1. The highest BCUT2D eigenvalue weighted by atomic mass is 16.2. The van der Waals surface area contributed by atoms with Gasteiger partial charge in [-0.2, -0.15) is 0 Å². The summed E-state index contributed by atoms with van der Waals surface area (Å²) in [4.78, 5) is 19.6. The predicted molar refractivity (Wildman–Crippen MR) is 123 cm³/mol. The van der Waals surface area contributed by atoms with Gasteiger partial charge in [0.2, 0.25) is 5.91 Å². The van der Waals surface area contributed by atoms with Crippen LogP contribution in [0.4, 0.5) is 11.4 Å². The fourth-order valence-electron chi connectivity index (χ4n) is 4.09. The van der Waals surface area contributed by atoms with Gasteiger partial charge in [-0.1, -0.05) is 36.8 Å². The Balaban J connectivity index is 1.63. The lowest BCUT2D eigenvalue weighted by molar-refractivity contribution is -0.119. The van der Waals surface area contributed by atoms with Gasteiger partial charge in [-0.05, 0) is 56.0 Å². The van der Waals surface area contributed by atoms with Crippen LogP contribution in [-0.2, 0) is 11.3 Å². The summed E-state index contributed by atoms with van der Waals surface area (Å²) in [6.07, 6.45) is 3.56. The molecule has 3 rings (SSSR count). The highest BCUT2D eigenvalue weighted by molar-refractivity contribution is 5.94. The van der Waals surface area contributed by atoms with Crippen molar-refractivity contribution in [2.24, 2.45) is 0 Å². The molecule has 1 fully saturated rings. The van der Waals surface area contributed by atoms with Gasteiger partial charge >= 0.3 is 0 Å². The van der Waals surface area contributed by atoms with Crippen molar-refractivity contribution >= 4 is 17.3 Å². The Labute approximate surface area is 176 Å². The van der Waals surface area contributed by atoms with Gasteiger partial charge in [0.05, 0.1) is 0 Å². The first kappa shape index (κ1) is 21.4. The number of amides is 1. The van der Waals surface area contributed by atoms with E-state index in [2.05, 4.69) is 91.2 Å². The van der Waals surface area contributed by atoms with Crippen LogP contribution in [0.3, 0.4) is 0 Å². The molecule has 0 aromatic heterocycles. The minimum atomic E-state index is 0.258. The van der Waals surface area contributed by atoms with Crippen LogP contribution >= 0.6 is 0 Å². The van der Waals surface area contributed by atoms with Crippen molar-refractivity contribution in [2.75, 3.05) is 37.0 Å². The second-order valence-corrected chi connectivity index (χ2v) is 8.42. The number of benzene rings is 2. The Bertz CT molecular complexity index is 775. The van der Waals surface area contributed by atoms with E-state index in [4.69, 9.17) is 0 Å². The molecule has 1 aliphatic rings. The summed E-state index contributed by atoms with van der Waals surface area (Å²) in [5, 5.41) is 0. The van der Waals surface area contributed by atoms with Gasteiger partial charge in [0, 0.05) is 57.6 Å². The summed E-state index contributed by atoms with van der Waals surface area (Å²) in [5.41, 5.74) is 4.86. The molecule has 1 heterocycles. The smallest absolute Gasteiger partial charge is 0.227 e. The lowest BCUT2D eigenvalue weighted by Gasteiger charge is -2.39. The van der Waals surface area contributed by atoms with Crippen molar-refractivity contribution in [3.8, 4) is 0 Å². The Morgan fingerprint density at radius 3 is 2.10 bits per heavy atom. The van der Waals surface area contributed by atoms with Crippen molar-refractivity contribution in [3.63, 3.8) is 0 Å². The van der Waals surface area contributed by atoms with Crippen molar-refractivity contribution in [2.45, 2.75) is 52.1 Å². The predicted octanol–water partition coefficient (Wildman–Crippen LogP) is 4.86. The van der Waals surface area contributed by atoms with Crippen LogP contribution < -0.4 is 9.80 Å². The highest BCUT2D eigenvalue weighted by Gasteiger charge is 2.28. The fourth-order valence-corrected chi connectivity index (χ4v) is 4.09. The molecule has 2 aromatic carbocycles. The Morgan fingerprint density at radius 1 is 0.966 bits per heavy atom. The van der Waals surface area contributed by atoms with Gasteiger partial charge in [-0.15, -0.1) is 0 Å². The van der Waals surface area contributed by atoms with Crippen molar-refractivity contribution in [1.82, 2.24) is 4.90 Å². The quantitative estimate of drug-likeness (QED) is 0.672. The van der Waals surface area contributed by atoms with Crippen LogP contribution in [0.25, 0.3) is 0 Å². The second kappa shape index (κ2) is 9.93. The van der Waals surface area contributed by atoms with E-state index >= 15 is 0 Å². The van der Waals surface area contributed by atoms with Crippen LogP contribution in [0.15, 0.2) is 48.5 Å². The third-order valence-corrected chi connectivity index (χ3v) is 5.83. The molecule has 0 bridgehead atoms. The average Bonchev–Trinajstić information content (AvgIpc) is 2.71. The maximum absolute atomic E-state index is 12.9. The molecule has 29 heavy (non-hydrogen) atoms. The number of piperidine rings is 1. The van der Waals surface area contributed by atoms with Crippen LogP contribution in [-0.4, -0.2) is 44.0 Å². The highest BCUT2D eigenvalue weighted by Crippen LogP contribution is 2.26. The Kier molecular flexibility index (Phi) is 7.32. The first-order valence-electron chi connectivity index (χ1n) is 10.8. The number of hydrogen-bond donors (Lipinski definition) is 0. The third kappa shape index (κ3) is 5.60. The monoisotopic (exact) mass is 393 g/mol. The molecule has 156 valence electrons. The summed E-state index contributed by atoms with van der Waals surface area (Å²) < 4.78 is 0. The standard InChI is InChI=1S/C25H35N3O/c1-5-6-25(29)28(23-11-7-20(2)8-12-23)24-15-17-27(18-16-24)19-21-9-13-22(14-10-21)26(3)4/h7-14,24H,5-6,15-19H2,1-4H3. The molecule has 4 nitrogen and oxygen atoms in total. The molecule has 0 unspecified atom stereocenters. The lowest BCUT2D eigenvalue weighted by Crippen LogP contribution is -2.47. The van der Waals surface area contributed by atoms with E-state index in [1.807, 2.05) is 0 Å². The van der Waals surface area contributed by atoms with E-state index in [0.29, 0.717) is 12.5 Å². The molecular weight excluding hydrogens is 358 g/mol. The van der Waals surface area contributed by atoms with E-state index < -0.39 is 0 Å². The number of hydrogen-bond acceptors (Lipinski definition) is 3. The number of rotatable bonds is 7. The largest absolute Gasteiger partial charge is 0.378 e. The van der Waals surface area contributed by atoms with Gasteiger partial charge < -0.3 is 9.80 Å². The summed E-state index contributed by atoms with van der Waals surface area (Å²) in [6, 6.07) is 17.5. The zero-order valence-electron chi connectivity index (χ0n) is 18.4. The van der Waals surface area contributed by atoms with E-state index in [-0.39, 0.29) is 5.91 Å². The molecule has 4 heteroatoms. The molecule has 0 radical (unpaired) electrons. The molecule has 0 spiro atoms. The summed E-state index contributed by atoms with van der Waals surface area (Å²) in [7, 11) is 4.14. The van der Waals surface area contributed by atoms with E-state index in [1.54, 1.807) is 0 Å². The maximum atomic E-state index is 12.9. The van der Waals surface area contributed by atoms with Gasteiger partial charge in [0.25, 0.3) is 0 Å². The van der Waals surface area contributed by atoms with Gasteiger partial charge in [-0.3, -0.25) is 9.69 Å².